The van der Waals surface area contributed by atoms with E-state index in [4.69, 9.17) is 10.8 Å². The van der Waals surface area contributed by atoms with Crippen molar-refractivity contribution in [3.8, 4) is 0 Å². The highest BCUT2D eigenvalue weighted by molar-refractivity contribution is 5.42. The summed E-state index contributed by atoms with van der Waals surface area (Å²) in [6.45, 7) is 2.78. The zero-order valence-electron chi connectivity index (χ0n) is 9.63. The molecule has 1 aliphatic carbocycles. The highest BCUT2D eigenvalue weighted by Gasteiger charge is 2.29. The van der Waals surface area contributed by atoms with Crippen LogP contribution in [-0.4, -0.2) is 29.3 Å². The average Bonchev–Trinajstić information content (AvgIpc) is 3.10. The molecule has 0 unspecified atom stereocenters. The third-order valence-corrected chi connectivity index (χ3v) is 2.92. The van der Waals surface area contributed by atoms with Crippen molar-refractivity contribution < 1.29 is 5.11 Å². The summed E-state index contributed by atoms with van der Waals surface area (Å²) in [4.78, 5) is 6.59. The number of nitrogens with zero attached hydrogens (tertiary/aromatic N) is 2. The molecule has 0 spiro atoms. The first kappa shape index (κ1) is 11.4. The summed E-state index contributed by atoms with van der Waals surface area (Å²) in [5.41, 5.74) is 6.82. The number of hydrogen-bond donors (Lipinski definition) is 2. The third kappa shape index (κ3) is 2.51. The molecule has 1 heterocycles. The van der Waals surface area contributed by atoms with E-state index in [1.54, 1.807) is 0 Å². The molecule has 0 aromatic carbocycles. The number of anilines is 1. The highest BCUT2D eigenvalue weighted by atomic mass is 16.3. The third-order valence-electron chi connectivity index (χ3n) is 2.92. The first-order chi connectivity index (χ1) is 7.72. The zero-order valence-corrected chi connectivity index (χ0v) is 9.63. The molecule has 1 aliphatic rings. The minimum absolute atomic E-state index is 0.0220. The van der Waals surface area contributed by atoms with E-state index in [1.807, 2.05) is 25.3 Å². The van der Waals surface area contributed by atoms with Gasteiger partial charge in [0, 0.05) is 24.8 Å². The molecule has 0 bridgehead atoms. The maximum atomic E-state index is 9.03. The summed E-state index contributed by atoms with van der Waals surface area (Å²) in [7, 11) is 0. The van der Waals surface area contributed by atoms with Gasteiger partial charge in [-0.25, -0.2) is 4.98 Å². The molecule has 1 aromatic rings. The number of pyridine rings is 1. The quantitative estimate of drug-likeness (QED) is 0.780. The van der Waals surface area contributed by atoms with Crippen molar-refractivity contribution in [2.24, 2.45) is 5.73 Å². The molecule has 0 amide bonds. The number of hydrogen-bond acceptors (Lipinski definition) is 4. The van der Waals surface area contributed by atoms with Gasteiger partial charge in [-0.15, -0.1) is 0 Å². The monoisotopic (exact) mass is 221 g/mol. The zero-order chi connectivity index (χ0) is 11.5. The van der Waals surface area contributed by atoms with Gasteiger partial charge in [-0.3, -0.25) is 0 Å². The number of aliphatic hydroxyl groups is 1. The predicted octanol–water partition coefficient (Wildman–Crippen LogP) is 1.06. The van der Waals surface area contributed by atoms with E-state index in [0.29, 0.717) is 12.6 Å². The molecule has 1 atom stereocenters. The molecule has 3 N–H and O–H groups in total. The Bertz CT molecular complexity index is 333. The van der Waals surface area contributed by atoms with Crippen LogP contribution in [0.3, 0.4) is 0 Å². The Morgan fingerprint density at radius 2 is 2.31 bits per heavy atom. The van der Waals surface area contributed by atoms with Gasteiger partial charge in [0.25, 0.3) is 0 Å². The molecule has 0 aliphatic heterocycles. The fourth-order valence-electron chi connectivity index (χ4n) is 1.81. The summed E-state index contributed by atoms with van der Waals surface area (Å²) in [5.74, 6) is 0.945. The minimum atomic E-state index is 0.0220. The summed E-state index contributed by atoms with van der Waals surface area (Å²) >= 11 is 0. The van der Waals surface area contributed by atoms with Gasteiger partial charge in [0.15, 0.2) is 0 Å². The summed E-state index contributed by atoms with van der Waals surface area (Å²) < 4.78 is 0. The average molecular weight is 221 g/mol. The lowest BCUT2D eigenvalue weighted by Gasteiger charge is -2.22. The van der Waals surface area contributed by atoms with Crippen LogP contribution < -0.4 is 10.6 Å². The second kappa shape index (κ2) is 4.80. The Labute approximate surface area is 96.1 Å². The predicted molar refractivity (Wildman–Crippen MR) is 64.3 cm³/mol. The van der Waals surface area contributed by atoms with Crippen LogP contribution in [0.25, 0.3) is 0 Å². The fourth-order valence-corrected chi connectivity index (χ4v) is 1.81. The van der Waals surface area contributed by atoms with E-state index in [1.165, 1.54) is 12.8 Å². The van der Waals surface area contributed by atoms with Crippen molar-refractivity contribution in [1.29, 1.82) is 0 Å². The first-order valence-corrected chi connectivity index (χ1v) is 5.81. The van der Waals surface area contributed by atoms with Crippen LogP contribution in [0.2, 0.25) is 0 Å². The van der Waals surface area contributed by atoms with E-state index >= 15 is 0 Å². The fraction of sp³-hybridized carbons (Fsp3) is 0.583. The smallest absolute Gasteiger partial charge is 0.128 e. The molecule has 1 saturated carbocycles. The van der Waals surface area contributed by atoms with E-state index < -0.39 is 0 Å². The van der Waals surface area contributed by atoms with E-state index in [2.05, 4.69) is 9.88 Å². The van der Waals surface area contributed by atoms with Crippen LogP contribution in [0.4, 0.5) is 5.82 Å². The van der Waals surface area contributed by atoms with Gasteiger partial charge in [0.2, 0.25) is 0 Å². The van der Waals surface area contributed by atoms with E-state index in [-0.39, 0.29) is 12.6 Å². The molecule has 4 nitrogen and oxygen atoms in total. The van der Waals surface area contributed by atoms with Gasteiger partial charge >= 0.3 is 0 Å². The van der Waals surface area contributed by atoms with Crippen molar-refractivity contribution >= 4 is 5.82 Å². The number of rotatable bonds is 5. The van der Waals surface area contributed by atoms with Crippen molar-refractivity contribution in [3.63, 3.8) is 0 Å². The molecule has 1 aromatic heterocycles. The molecule has 4 heteroatoms. The lowest BCUT2D eigenvalue weighted by Crippen LogP contribution is -2.29. The molecule has 16 heavy (non-hydrogen) atoms. The Morgan fingerprint density at radius 1 is 1.56 bits per heavy atom. The lowest BCUT2D eigenvalue weighted by atomic mass is 10.1. The van der Waals surface area contributed by atoms with E-state index in [9.17, 15) is 0 Å². The highest BCUT2D eigenvalue weighted by Crippen LogP contribution is 2.30. The van der Waals surface area contributed by atoms with Crippen LogP contribution in [0.5, 0.6) is 0 Å². The normalized spacial score (nSPS) is 17.2. The second-order valence-corrected chi connectivity index (χ2v) is 4.39. The molecule has 1 fully saturated rings. The standard InChI is InChI=1S/C12H19N3O/c1-9(13)10-2-5-12(14-8-10)15(6-7-16)11-3-4-11/h2,5,8-9,11,16H,3-4,6-7,13H2,1H3/t9-/m1/s1. The summed E-state index contributed by atoms with van der Waals surface area (Å²) in [5, 5.41) is 9.03. The summed E-state index contributed by atoms with van der Waals surface area (Å²) in [6, 6.07) is 4.60. The molecule has 0 saturated heterocycles. The molecule has 2 rings (SSSR count). The largest absolute Gasteiger partial charge is 0.395 e. The molecule has 0 radical (unpaired) electrons. The van der Waals surface area contributed by atoms with Gasteiger partial charge in [-0.2, -0.15) is 0 Å². The molecular weight excluding hydrogens is 202 g/mol. The molecule has 88 valence electrons. The summed E-state index contributed by atoms with van der Waals surface area (Å²) in [6.07, 6.45) is 4.24. The molecular formula is C12H19N3O. The maximum absolute atomic E-state index is 9.03. The first-order valence-electron chi connectivity index (χ1n) is 5.81. The van der Waals surface area contributed by atoms with Crippen molar-refractivity contribution in [2.45, 2.75) is 31.8 Å². The van der Waals surface area contributed by atoms with Crippen molar-refractivity contribution in [3.05, 3.63) is 23.9 Å². The van der Waals surface area contributed by atoms with Crippen LogP contribution in [0.15, 0.2) is 18.3 Å². The van der Waals surface area contributed by atoms with E-state index in [0.717, 1.165) is 11.4 Å². The minimum Gasteiger partial charge on any atom is -0.395 e. The van der Waals surface area contributed by atoms with Crippen LogP contribution in [0, 0.1) is 0 Å². The second-order valence-electron chi connectivity index (χ2n) is 4.39. The van der Waals surface area contributed by atoms with Gasteiger partial charge in [0.05, 0.1) is 6.61 Å². The van der Waals surface area contributed by atoms with Gasteiger partial charge < -0.3 is 15.7 Å². The Kier molecular flexibility index (Phi) is 3.41. The Hall–Kier alpha value is -1.13. The van der Waals surface area contributed by atoms with Gasteiger partial charge in [-0.05, 0) is 31.4 Å². The Morgan fingerprint density at radius 3 is 2.75 bits per heavy atom. The number of aromatic nitrogens is 1. The number of nitrogens with two attached hydrogens (primary N) is 1. The van der Waals surface area contributed by atoms with Gasteiger partial charge in [-0.1, -0.05) is 6.07 Å². The van der Waals surface area contributed by atoms with Crippen LogP contribution in [-0.2, 0) is 0 Å². The van der Waals surface area contributed by atoms with Gasteiger partial charge in [0.1, 0.15) is 5.82 Å². The lowest BCUT2D eigenvalue weighted by molar-refractivity contribution is 0.301. The number of aliphatic hydroxyl groups excluding tert-OH is 1. The van der Waals surface area contributed by atoms with Crippen molar-refractivity contribution in [2.75, 3.05) is 18.1 Å². The Balaban J connectivity index is 2.11. The SMILES string of the molecule is C[C@@H](N)c1ccc(N(CCO)C2CC2)nc1. The van der Waals surface area contributed by atoms with Crippen LogP contribution >= 0.6 is 0 Å². The topological polar surface area (TPSA) is 62.4 Å². The van der Waals surface area contributed by atoms with Crippen molar-refractivity contribution in [1.82, 2.24) is 4.98 Å². The van der Waals surface area contributed by atoms with Crippen LogP contribution in [0.1, 0.15) is 31.4 Å². The maximum Gasteiger partial charge on any atom is 0.128 e.